The number of ketones is 1. The van der Waals surface area contributed by atoms with E-state index in [1.165, 1.54) is 18.3 Å². The number of carbonyl (C=O) groups excluding carboxylic acids is 2. The first-order chi connectivity index (χ1) is 10.5. The van der Waals surface area contributed by atoms with Crippen LogP contribution >= 0.6 is 11.3 Å². The fourth-order valence-corrected chi connectivity index (χ4v) is 3.68. The highest BCUT2D eigenvalue weighted by Gasteiger charge is 2.33. The lowest BCUT2D eigenvalue weighted by molar-refractivity contribution is 0.0730. The molecule has 0 aliphatic carbocycles. The van der Waals surface area contributed by atoms with E-state index in [1.807, 2.05) is 23.4 Å². The molecule has 1 unspecified atom stereocenters. The Balaban J connectivity index is 1.86. The summed E-state index contributed by atoms with van der Waals surface area (Å²) in [6.07, 6.45) is 3.58. The van der Waals surface area contributed by atoms with Gasteiger partial charge < -0.3 is 9.47 Å². The van der Waals surface area contributed by atoms with Crippen LogP contribution in [0, 0.1) is 6.92 Å². The molecule has 1 aliphatic rings. The van der Waals surface area contributed by atoms with Gasteiger partial charge in [-0.05, 0) is 19.8 Å². The molecule has 2 aromatic rings. The highest BCUT2D eigenvalue weighted by Crippen LogP contribution is 2.34. The van der Waals surface area contributed by atoms with Crippen LogP contribution in [0.15, 0.2) is 11.6 Å². The summed E-state index contributed by atoms with van der Waals surface area (Å²) < 4.78 is 1.84. The Hall–Kier alpha value is -2.02. The number of aryl methyl sites for hydroxylation is 2. The number of nitrogens with zero attached hydrogens (tertiary/aromatic N) is 4. The van der Waals surface area contributed by atoms with Crippen LogP contribution in [0.3, 0.4) is 0 Å². The molecule has 1 saturated heterocycles. The molecule has 0 saturated carbocycles. The van der Waals surface area contributed by atoms with Crippen molar-refractivity contribution in [3.8, 4) is 0 Å². The fourth-order valence-electron chi connectivity index (χ4n) is 2.68. The molecular weight excluding hydrogens is 300 g/mol. The molecule has 1 aliphatic heterocycles. The smallest absolute Gasteiger partial charge is 0.274 e. The van der Waals surface area contributed by atoms with Crippen LogP contribution in [0.25, 0.3) is 0 Å². The third kappa shape index (κ3) is 2.56. The molecular formula is C15H18N4O2S. The van der Waals surface area contributed by atoms with E-state index in [4.69, 9.17) is 0 Å². The minimum Gasteiger partial charge on any atom is -0.337 e. The van der Waals surface area contributed by atoms with E-state index in [1.54, 1.807) is 11.6 Å². The van der Waals surface area contributed by atoms with Gasteiger partial charge in [-0.25, -0.2) is 9.97 Å². The molecule has 1 atom stereocenters. The Labute approximate surface area is 132 Å². The molecule has 6 nitrogen and oxygen atoms in total. The zero-order valence-electron chi connectivity index (χ0n) is 12.9. The Morgan fingerprint density at radius 2 is 2.09 bits per heavy atom. The van der Waals surface area contributed by atoms with E-state index in [0.29, 0.717) is 17.9 Å². The highest BCUT2D eigenvalue weighted by atomic mass is 32.1. The van der Waals surface area contributed by atoms with E-state index in [9.17, 15) is 9.59 Å². The van der Waals surface area contributed by atoms with E-state index in [2.05, 4.69) is 9.97 Å². The summed E-state index contributed by atoms with van der Waals surface area (Å²) in [5.41, 5.74) is 0.947. The first kappa shape index (κ1) is 14.9. The third-order valence-corrected chi connectivity index (χ3v) is 4.96. The monoisotopic (exact) mass is 318 g/mol. The van der Waals surface area contributed by atoms with Gasteiger partial charge in [0.05, 0.1) is 6.04 Å². The van der Waals surface area contributed by atoms with Crippen molar-refractivity contribution in [2.75, 3.05) is 6.54 Å². The van der Waals surface area contributed by atoms with Crippen LogP contribution in [0.5, 0.6) is 0 Å². The molecule has 0 N–H and O–H groups in total. The summed E-state index contributed by atoms with van der Waals surface area (Å²) in [6, 6.07) is -0.0482. The maximum Gasteiger partial charge on any atom is 0.274 e. The average Bonchev–Trinajstić information content (AvgIpc) is 3.17. The van der Waals surface area contributed by atoms with Crippen LogP contribution in [0.1, 0.15) is 57.6 Å². The summed E-state index contributed by atoms with van der Waals surface area (Å²) in [5.74, 6) is 0.705. The second-order valence-electron chi connectivity index (χ2n) is 5.57. The predicted octanol–water partition coefficient (Wildman–Crippen LogP) is 2.36. The van der Waals surface area contributed by atoms with Crippen molar-refractivity contribution >= 4 is 23.0 Å². The lowest BCUT2D eigenvalue weighted by atomic mass is 10.2. The van der Waals surface area contributed by atoms with Crippen LogP contribution in [0.4, 0.5) is 0 Å². The molecule has 1 fully saturated rings. The molecule has 0 bridgehead atoms. The van der Waals surface area contributed by atoms with Gasteiger partial charge in [0.1, 0.15) is 22.2 Å². The molecule has 0 radical (unpaired) electrons. The zero-order valence-corrected chi connectivity index (χ0v) is 13.7. The number of imidazole rings is 1. The largest absolute Gasteiger partial charge is 0.337 e. The Morgan fingerprint density at radius 3 is 2.68 bits per heavy atom. The van der Waals surface area contributed by atoms with Crippen molar-refractivity contribution in [2.24, 2.45) is 7.05 Å². The summed E-state index contributed by atoms with van der Waals surface area (Å²) in [6.45, 7) is 4.08. The summed E-state index contributed by atoms with van der Waals surface area (Å²) >= 11 is 1.45. The van der Waals surface area contributed by atoms with Crippen LogP contribution in [0.2, 0.25) is 0 Å². The molecule has 0 aromatic carbocycles. The van der Waals surface area contributed by atoms with Gasteiger partial charge in [-0.15, -0.1) is 11.3 Å². The van der Waals surface area contributed by atoms with Gasteiger partial charge in [-0.2, -0.15) is 0 Å². The molecule has 1 amide bonds. The number of rotatable bonds is 3. The van der Waals surface area contributed by atoms with Gasteiger partial charge in [0.2, 0.25) is 0 Å². The first-order valence-corrected chi connectivity index (χ1v) is 8.12. The molecule has 7 heteroatoms. The van der Waals surface area contributed by atoms with Gasteiger partial charge in [-0.1, -0.05) is 0 Å². The van der Waals surface area contributed by atoms with Crippen molar-refractivity contribution < 1.29 is 9.59 Å². The van der Waals surface area contributed by atoms with Crippen molar-refractivity contribution in [2.45, 2.75) is 32.7 Å². The highest BCUT2D eigenvalue weighted by molar-refractivity contribution is 7.09. The van der Waals surface area contributed by atoms with Crippen molar-refractivity contribution in [1.29, 1.82) is 0 Å². The number of aromatic nitrogens is 3. The lowest BCUT2D eigenvalue weighted by Gasteiger charge is -2.22. The Bertz CT molecular complexity index is 714. The molecule has 2 aromatic heterocycles. The number of carbonyl (C=O) groups is 2. The van der Waals surface area contributed by atoms with Gasteiger partial charge in [-0.3, -0.25) is 9.59 Å². The fraction of sp³-hybridized carbons (Fsp3) is 0.467. The van der Waals surface area contributed by atoms with Crippen LogP contribution < -0.4 is 0 Å². The standard InChI is InChI=1S/C15H18N4O2S/c1-9(20)12-8-22-14(17-12)13-5-4-6-19(13)15(21)11-7-18(3)10(2)16-11/h7-8,13H,4-6H2,1-3H3. The zero-order chi connectivity index (χ0) is 15.9. The molecule has 3 rings (SSSR count). The van der Waals surface area contributed by atoms with E-state index < -0.39 is 0 Å². The van der Waals surface area contributed by atoms with E-state index >= 15 is 0 Å². The number of Topliss-reactive ketones (excluding diaryl/α,β-unsaturated/α-hetero) is 1. The van der Waals surface area contributed by atoms with Gasteiger partial charge in [0, 0.05) is 32.1 Å². The van der Waals surface area contributed by atoms with Crippen LogP contribution in [-0.4, -0.2) is 37.7 Å². The molecule has 22 heavy (non-hydrogen) atoms. The van der Waals surface area contributed by atoms with E-state index in [-0.39, 0.29) is 17.7 Å². The summed E-state index contributed by atoms with van der Waals surface area (Å²) in [7, 11) is 1.88. The Kier molecular flexibility index (Phi) is 3.82. The van der Waals surface area contributed by atoms with Gasteiger partial charge in [0.25, 0.3) is 5.91 Å². The predicted molar refractivity (Wildman–Crippen MR) is 83.1 cm³/mol. The number of amides is 1. The van der Waals surface area contributed by atoms with Gasteiger partial charge >= 0.3 is 0 Å². The molecule has 0 spiro atoms. The lowest BCUT2D eigenvalue weighted by Crippen LogP contribution is -2.30. The minimum atomic E-state index is -0.0641. The Morgan fingerprint density at radius 1 is 1.32 bits per heavy atom. The summed E-state index contributed by atoms with van der Waals surface area (Å²) in [4.78, 5) is 34.6. The first-order valence-electron chi connectivity index (χ1n) is 7.24. The third-order valence-electron chi connectivity index (χ3n) is 4.01. The van der Waals surface area contributed by atoms with Crippen LogP contribution in [-0.2, 0) is 7.05 Å². The number of hydrogen-bond donors (Lipinski definition) is 0. The van der Waals surface area contributed by atoms with Crippen molar-refractivity contribution in [3.63, 3.8) is 0 Å². The second-order valence-corrected chi connectivity index (χ2v) is 6.46. The van der Waals surface area contributed by atoms with Crippen molar-refractivity contribution in [3.05, 3.63) is 33.8 Å². The number of thiazole rings is 1. The van der Waals surface area contributed by atoms with Gasteiger partial charge in [0.15, 0.2) is 5.78 Å². The molecule has 116 valence electrons. The molecule has 3 heterocycles. The SMILES string of the molecule is CC(=O)c1csc(C2CCCN2C(=O)c2cn(C)c(C)n2)n1. The quantitative estimate of drug-likeness (QED) is 0.815. The number of likely N-dealkylation sites (tertiary alicyclic amines) is 1. The normalized spacial score (nSPS) is 18.0. The maximum atomic E-state index is 12.7. The second kappa shape index (κ2) is 5.64. The van der Waals surface area contributed by atoms with E-state index in [0.717, 1.165) is 23.7 Å². The minimum absolute atomic E-state index is 0.0428. The average molecular weight is 318 g/mol. The number of hydrogen-bond acceptors (Lipinski definition) is 5. The van der Waals surface area contributed by atoms with Crippen molar-refractivity contribution in [1.82, 2.24) is 19.4 Å². The maximum absolute atomic E-state index is 12.7. The topological polar surface area (TPSA) is 68.1 Å². The summed E-state index contributed by atoms with van der Waals surface area (Å²) in [5, 5.41) is 2.60.